The molecule has 0 atom stereocenters. The van der Waals surface area contributed by atoms with E-state index in [-0.39, 0.29) is 22.9 Å². The van der Waals surface area contributed by atoms with Crippen molar-refractivity contribution in [2.45, 2.75) is 6.54 Å². The molecule has 0 amide bonds. The predicted molar refractivity (Wildman–Crippen MR) is 110 cm³/mol. The van der Waals surface area contributed by atoms with E-state index in [1.165, 1.54) is 32.4 Å². The minimum atomic E-state index is -3.76. The van der Waals surface area contributed by atoms with Crippen LogP contribution in [0.5, 0.6) is 5.75 Å². The molecule has 158 valence electrons. The van der Waals surface area contributed by atoms with Crippen molar-refractivity contribution in [1.29, 1.82) is 0 Å². The zero-order valence-corrected chi connectivity index (χ0v) is 17.4. The molecule has 30 heavy (non-hydrogen) atoms. The van der Waals surface area contributed by atoms with Crippen LogP contribution in [-0.2, 0) is 20.2 Å². The van der Waals surface area contributed by atoms with Crippen LogP contribution in [0.15, 0.2) is 52.9 Å². The van der Waals surface area contributed by atoms with E-state index in [0.717, 1.165) is 11.3 Å². The second-order valence-corrected chi connectivity index (χ2v) is 8.19. The van der Waals surface area contributed by atoms with E-state index in [4.69, 9.17) is 18.2 Å². The fourth-order valence-corrected chi connectivity index (χ4v) is 3.74. The quantitative estimate of drug-likeness (QED) is 0.303. The zero-order valence-electron chi connectivity index (χ0n) is 16.5. The van der Waals surface area contributed by atoms with Gasteiger partial charge in [0.25, 0.3) is 5.69 Å². The summed E-state index contributed by atoms with van der Waals surface area (Å²) in [5.74, 6) is 0.843. The normalized spacial score (nSPS) is 11.3. The summed E-state index contributed by atoms with van der Waals surface area (Å²) in [7, 11) is 0.294. The number of nitrogens with one attached hydrogen (secondary N) is 1. The Labute approximate surface area is 172 Å². The molecule has 10 nitrogen and oxygen atoms in total. The molecule has 0 aliphatic heterocycles. The molecule has 0 fully saturated rings. The first-order valence-corrected chi connectivity index (χ1v) is 10.3. The van der Waals surface area contributed by atoms with Crippen molar-refractivity contribution in [3.8, 4) is 17.2 Å². The highest BCUT2D eigenvalue weighted by Crippen LogP contribution is 2.47. The van der Waals surface area contributed by atoms with Gasteiger partial charge in [0.2, 0.25) is 17.2 Å². The third-order valence-corrected chi connectivity index (χ3v) is 6.05. The number of rotatable bonds is 9. The third kappa shape index (κ3) is 4.51. The molecule has 0 aliphatic carbocycles. The number of hydrogen-bond donors (Lipinski definition) is 1. The Kier molecular flexibility index (Phi) is 6.51. The van der Waals surface area contributed by atoms with Crippen molar-refractivity contribution in [2.24, 2.45) is 0 Å². The molecule has 0 bridgehead atoms. The largest absolute Gasteiger partial charge is 0.497 e. The van der Waals surface area contributed by atoms with Gasteiger partial charge in [0.15, 0.2) is 0 Å². The SMILES string of the molecule is COc1ccc(CNc2oc(-c3cccc([N+](=O)[O-])c3)nc2P(=O)(OC)OC)cc1. The first-order chi connectivity index (χ1) is 14.4. The van der Waals surface area contributed by atoms with Crippen molar-refractivity contribution in [3.05, 3.63) is 64.2 Å². The van der Waals surface area contributed by atoms with Gasteiger partial charge >= 0.3 is 7.60 Å². The van der Waals surface area contributed by atoms with Crippen LogP contribution >= 0.6 is 7.60 Å². The van der Waals surface area contributed by atoms with Gasteiger partial charge in [-0.2, -0.15) is 4.98 Å². The lowest BCUT2D eigenvalue weighted by Crippen LogP contribution is -2.14. The standard InChI is InChI=1S/C19H20N3O7P/c1-26-16-9-7-13(8-10-16)12-20-18-19(30(25,27-2)28-3)21-17(29-18)14-5-4-6-15(11-14)22(23)24/h4-11,20H,12H2,1-3H3. The second-order valence-electron chi connectivity index (χ2n) is 6.04. The number of oxazole rings is 1. The number of methoxy groups -OCH3 is 1. The van der Waals surface area contributed by atoms with E-state index in [9.17, 15) is 14.7 Å². The van der Waals surface area contributed by atoms with Crippen LogP contribution in [0.4, 0.5) is 11.6 Å². The Morgan fingerprint density at radius 1 is 1.13 bits per heavy atom. The van der Waals surface area contributed by atoms with Crippen LogP contribution in [0.3, 0.4) is 0 Å². The fourth-order valence-electron chi connectivity index (χ4n) is 2.66. The van der Waals surface area contributed by atoms with Crippen molar-refractivity contribution in [3.63, 3.8) is 0 Å². The number of nitro groups is 1. The molecule has 0 saturated carbocycles. The van der Waals surface area contributed by atoms with Crippen molar-refractivity contribution in [2.75, 3.05) is 26.6 Å². The molecular weight excluding hydrogens is 413 g/mol. The average Bonchev–Trinajstić information content (AvgIpc) is 3.22. The van der Waals surface area contributed by atoms with Gasteiger partial charge < -0.3 is 23.5 Å². The summed E-state index contributed by atoms with van der Waals surface area (Å²) >= 11 is 0. The van der Waals surface area contributed by atoms with Gasteiger partial charge in [-0.1, -0.05) is 18.2 Å². The fraction of sp³-hybridized carbons (Fsp3) is 0.211. The summed E-state index contributed by atoms with van der Waals surface area (Å²) < 4.78 is 33.9. The molecule has 3 aromatic rings. The second kappa shape index (κ2) is 9.08. The van der Waals surface area contributed by atoms with Gasteiger partial charge in [-0.15, -0.1) is 0 Å². The predicted octanol–water partition coefficient (Wildman–Crippen LogP) is 3.98. The maximum Gasteiger partial charge on any atom is 0.384 e. The van der Waals surface area contributed by atoms with Crippen LogP contribution in [0.2, 0.25) is 0 Å². The Morgan fingerprint density at radius 2 is 1.83 bits per heavy atom. The maximum atomic E-state index is 13.0. The van der Waals surface area contributed by atoms with Crippen molar-refractivity contribution < 1.29 is 27.7 Å². The first-order valence-electron chi connectivity index (χ1n) is 8.74. The van der Waals surface area contributed by atoms with Crippen LogP contribution in [0, 0.1) is 10.1 Å². The average molecular weight is 433 g/mol. The minimum Gasteiger partial charge on any atom is -0.497 e. The van der Waals surface area contributed by atoms with Gasteiger partial charge in [0.1, 0.15) is 5.75 Å². The Balaban J connectivity index is 1.96. The van der Waals surface area contributed by atoms with Crippen molar-refractivity contribution in [1.82, 2.24) is 4.98 Å². The van der Waals surface area contributed by atoms with Gasteiger partial charge in [-0.3, -0.25) is 14.7 Å². The summed E-state index contributed by atoms with van der Waals surface area (Å²) in [5.41, 5.74) is 1.07. The number of nitrogens with zero attached hydrogens (tertiary/aromatic N) is 2. The lowest BCUT2D eigenvalue weighted by molar-refractivity contribution is -0.384. The molecular formula is C19H20N3O7P. The Morgan fingerprint density at radius 3 is 2.43 bits per heavy atom. The summed E-state index contributed by atoms with van der Waals surface area (Å²) in [5, 5.41) is 14.1. The summed E-state index contributed by atoms with van der Waals surface area (Å²) in [6.07, 6.45) is 0. The Hall–Kier alpha value is -3.20. The monoisotopic (exact) mass is 433 g/mol. The van der Waals surface area contributed by atoms with Crippen LogP contribution < -0.4 is 15.5 Å². The van der Waals surface area contributed by atoms with Gasteiger partial charge in [-0.25, -0.2) is 0 Å². The molecule has 2 aromatic carbocycles. The number of anilines is 1. The van der Waals surface area contributed by atoms with E-state index >= 15 is 0 Å². The molecule has 11 heteroatoms. The lowest BCUT2D eigenvalue weighted by Gasteiger charge is -2.12. The molecule has 0 unspecified atom stereocenters. The first kappa shape index (κ1) is 21.5. The van der Waals surface area contributed by atoms with E-state index in [1.807, 2.05) is 24.3 Å². The molecule has 1 aromatic heterocycles. The molecule has 3 rings (SSSR count). The number of nitro benzene ring substituents is 1. The number of ether oxygens (including phenoxy) is 1. The van der Waals surface area contributed by atoms with Gasteiger partial charge in [-0.05, 0) is 23.8 Å². The zero-order chi connectivity index (χ0) is 21.7. The highest BCUT2D eigenvalue weighted by Gasteiger charge is 2.34. The molecule has 0 radical (unpaired) electrons. The van der Waals surface area contributed by atoms with E-state index in [0.29, 0.717) is 12.1 Å². The molecule has 0 spiro atoms. The van der Waals surface area contributed by atoms with Crippen LogP contribution in [0.25, 0.3) is 11.5 Å². The van der Waals surface area contributed by atoms with Crippen molar-refractivity contribution >= 4 is 24.6 Å². The molecule has 1 N–H and O–H groups in total. The highest BCUT2D eigenvalue weighted by atomic mass is 31.2. The number of non-ortho nitro benzene ring substituents is 1. The van der Waals surface area contributed by atoms with Crippen LogP contribution in [0.1, 0.15) is 5.56 Å². The molecule has 0 aliphatic rings. The lowest BCUT2D eigenvalue weighted by atomic mass is 10.2. The van der Waals surface area contributed by atoms with E-state index in [2.05, 4.69) is 10.3 Å². The number of benzene rings is 2. The third-order valence-electron chi connectivity index (χ3n) is 4.27. The number of hydrogen-bond acceptors (Lipinski definition) is 9. The van der Waals surface area contributed by atoms with Gasteiger partial charge in [0.05, 0.1) is 12.0 Å². The van der Waals surface area contributed by atoms with Crippen LogP contribution in [-0.4, -0.2) is 31.2 Å². The number of aromatic nitrogens is 1. The summed E-state index contributed by atoms with van der Waals surface area (Å²) in [6, 6.07) is 13.1. The summed E-state index contributed by atoms with van der Waals surface area (Å²) in [4.78, 5) is 14.8. The van der Waals surface area contributed by atoms with E-state index < -0.39 is 12.5 Å². The Bertz CT molecular complexity index is 1070. The maximum absolute atomic E-state index is 13.0. The highest BCUT2D eigenvalue weighted by molar-refractivity contribution is 7.62. The topological polar surface area (TPSA) is 126 Å². The summed E-state index contributed by atoms with van der Waals surface area (Å²) in [6.45, 7) is 0.327. The van der Waals surface area contributed by atoms with Gasteiger partial charge in [0, 0.05) is 38.5 Å². The van der Waals surface area contributed by atoms with E-state index in [1.54, 1.807) is 13.2 Å². The smallest absolute Gasteiger partial charge is 0.384 e. The minimum absolute atomic E-state index is 0.0419. The molecule has 1 heterocycles. The molecule has 0 saturated heterocycles.